The molecule has 17 heavy (non-hydrogen) atoms. The molecule has 1 aromatic heterocycles. The predicted molar refractivity (Wildman–Crippen MR) is 63.5 cm³/mol. The maximum absolute atomic E-state index is 11.1. The van der Waals surface area contributed by atoms with Gasteiger partial charge in [0.15, 0.2) is 11.6 Å². The molecule has 0 aliphatic carbocycles. The van der Waals surface area contributed by atoms with E-state index in [9.17, 15) is 4.79 Å². The number of hydrogen-bond donors (Lipinski definition) is 2. The van der Waals surface area contributed by atoms with Gasteiger partial charge in [-0.1, -0.05) is 30.3 Å². The Hall–Kier alpha value is -2.30. The number of primary amides is 1. The molecule has 3 N–H and O–H groups in total. The zero-order valence-electron chi connectivity index (χ0n) is 9.43. The Morgan fingerprint density at radius 3 is 2.76 bits per heavy atom. The number of carbonyl (C=O) groups excluding carboxylic acids is 1. The van der Waals surface area contributed by atoms with Crippen LogP contribution in [0, 0.1) is 6.92 Å². The highest BCUT2D eigenvalue weighted by Gasteiger charge is 2.15. The molecule has 0 spiro atoms. The van der Waals surface area contributed by atoms with Crippen molar-refractivity contribution in [3.63, 3.8) is 0 Å². The van der Waals surface area contributed by atoms with Crippen molar-refractivity contribution in [2.24, 2.45) is 5.73 Å². The molecule has 1 amide bonds. The molecule has 0 saturated carbocycles. The zero-order chi connectivity index (χ0) is 12.3. The molecule has 0 atom stereocenters. The number of rotatable bonds is 4. The standard InChI is InChI=1S/C12H13N3O2/c1-8-15-10(11(13)16)12(17-8)14-7-9-5-3-2-4-6-9/h2-6,14H,7H2,1H3,(H2,13,16). The topological polar surface area (TPSA) is 81.1 Å². The summed E-state index contributed by atoms with van der Waals surface area (Å²) in [4.78, 5) is 15.0. The molecule has 5 heteroatoms. The van der Waals surface area contributed by atoms with Gasteiger partial charge in [-0.25, -0.2) is 4.98 Å². The Kier molecular flexibility index (Phi) is 3.09. The molecule has 0 radical (unpaired) electrons. The van der Waals surface area contributed by atoms with Gasteiger partial charge in [-0.15, -0.1) is 0 Å². The fraction of sp³-hybridized carbons (Fsp3) is 0.167. The van der Waals surface area contributed by atoms with Crippen LogP contribution in [0.25, 0.3) is 0 Å². The Morgan fingerprint density at radius 1 is 1.41 bits per heavy atom. The largest absolute Gasteiger partial charge is 0.425 e. The van der Waals surface area contributed by atoms with E-state index in [-0.39, 0.29) is 5.69 Å². The lowest BCUT2D eigenvalue weighted by molar-refractivity contribution is 0.0996. The summed E-state index contributed by atoms with van der Waals surface area (Å²) >= 11 is 0. The van der Waals surface area contributed by atoms with Crippen LogP contribution in [0.15, 0.2) is 34.7 Å². The molecule has 2 aromatic rings. The predicted octanol–water partition coefficient (Wildman–Crippen LogP) is 1.69. The third-order valence-electron chi connectivity index (χ3n) is 2.26. The molecule has 88 valence electrons. The summed E-state index contributed by atoms with van der Waals surface area (Å²) in [6, 6.07) is 9.77. The molecule has 5 nitrogen and oxygen atoms in total. The second-order valence-corrected chi connectivity index (χ2v) is 3.61. The normalized spacial score (nSPS) is 10.2. The van der Waals surface area contributed by atoms with Gasteiger partial charge < -0.3 is 15.5 Å². The zero-order valence-corrected chi connectivity index (χ0v) is 9.43. The SMILES string of the molecule is Cc1nc(C(N)=O)c(NCc2ccccc2)o1. The number of nitrogens with two attached hydrogens (primary N) is 1. The van der Waals surface area contributed by atoms with Gasteiger partial charge in [0.2, 0.25) is 5.88 Å². The minimum atomic E-state index is -0.600. The lowest BCUT2D eigenvalue weighted by atomic mass is 10.2. The maximum atomic E-state index is 11.1. The minimum Gasteiger partial charge on any atom is -0.425 e. The summed E-state index contributed by atoms with van der Waals surface area (Å²) in [7, 11) is 0. The summed E-state index contributed by atoms with van der Waals surface area (Å²) in [6.45, 7) is 2.22. The van der Waals surface area contributed by atoms with Crippen molar-refractivity contribution in [1.82, 2.24) is 4.98 Å². The van der Waals surface area contributed by atoms with Gasteiger partial charge in [0.25, 0.3) is 5.91 Å². The van der Waals surface area contributed by atoms with Crippen molar-refractivity contribution < 1.29 is 9.21 Å². The molecule has 0 aliphatic heterocycles. The number of aryl methyl sites for hydroxylation is 1. The van der Waals surface area contributed by atoms with E-state index < -0.39 is 5.91 Å². The molecule has 0 unspecified atom stereocenters. The quantitative estimate of drug-likeness (QED) is 0.839. The van der Waals surface area contributed by atoms with Crippen LogP contribution >= 0.6 is 0 Å². The van der Waals surface area contributed by atoms with Crippen LogP contribution in [0.5, 0.6) is 0 Å². The van der Waals surface area contributed by atoms with Gasteiger partial charge in [0, 0.05) is 13.5 Å². The van der Waals surface area contributed by atoms with Gasteiger partial charge in [-0.2, -0.15) is 0 Å². The summed E-state index contributed by atoms with van der Waals surface area (Å²) in [5.74, 6) is 0.130. The summed E-state index contributed by atoms with van der Waals surface area (Å²) in [5, 5.41) is 3.00. The van der Waals surface area contributed by atoms with Crippen molar-refractivity contribution in [3.05, 3.63) is 47.5 Å². The summed E-state index contributed by atoms with van der Waals surface area (Å²) < 4.78 is 5.27. The first-order valence-corrected chi connectivity index (χ1v) is 5.22. The third-order valence-corrected chi connectivity index (χ3v) is 2.26. The average Bonchev–Trinajstić information content (AvgIpc) is 2.69. The van der Waals surface area contributed by atoms with Gasteiger partial charge in [0.1, 0.15) is 0 Å². The summed E-state index contributed by atoms with van der Waals surface area (Å²) in [6.07, 6.45) is 0. The lowest BCUT2D eigenvalue weighted by Crippen LogP contribution is -2.14. The Morgan fingerprint density at radius 2 is 2.12 bits per heavy atom. The van der Waals surface area contributed by atoms with Crippen LogP contribution < -0.4 is 11.1 Å². The van der Waals surface area contributed by atoms with Crippen LogP contribution in [-0.4, -0.2) is 10.9 Å². The molecule has 2 rings (SSSR count). The fourth-order valence-electron chi connectivity index (χ4n) is 1.49. The number of hydrogen-bond acceptors (Lipinski definition) is 4. The van der Waals surface area contributed by atoms with Crippen molar-refractivity contribution in [3.8, 4) is 0 Å². The number of anilines is 1. The van der Waals surface area contributed by atoms with Crippen LogP contribution in [-0.2, 0) is 6.54 Å². The van der Waals surface area contributed by atoms with E-state index in [1.54, 1.807) is 6.92 Å². The molecular formula is C12H13N3O2. The van der Waals surface area contributed by atoms with Crippen molar-refractivity contribution >= 4 is 11.8 Å². The van der Waals surface area contributed by atoms with Crippen molar-refractivity contribution in [2.45, 2.75) is 13.5 Å². The number of benzene rings is 1. The number of amides is 1. The van der Waals surface area contributed by atoms with Crippen molar-refractivity contribution in [2.75, 3.05) is 5.32 Å². The lowest BCUT2D eigenvalue weighted by Gasteiger charge is -2.03. The number of carbonyl (C=O) groups is 1. The third kappa shape index (κ3) is 2.63. The van der Waals surface area contributed by atoms with E-state index in [1.165, 1.54) is 0 Å². The van der Waals surface area contributed by atoms with Gasteiger partial charge in [-0.3, -0.25) is 4.79 Å². The molecule has 1 heterocycles. The number of nitrogens with one attached hydrogen (secondary N) is 1. The van der Waals surface area contributed by atoms with Crippen molar-refractivity contribution in [1.29, 1.82) is 0 Å². The molecule has 1 aromatic carbocycles. The maximum Gasteiger partial charge on any atom is 0.272 e. The highest BCUT2D eigenvalue weighted by molar-refractivity contribution is 5.95. The van der Waals surface area contributed by atoms with Gasteiger partial charge in [0.05, 0.1) is 0 Å². The number of oxazole rings is 1. The van der Waals surface area contributed by atoms with Crippen LogP contribution in [0.2, 0.25) is 0 Å². The second kappa shape index (κ2) is 4.69. The molecule has 0 bridgehead atoms. The van der Waals surface area contributed by atoms with E-state index >= 15 is 0 Å². The highest BCUT2D eigenvalue weighted by Crippen LogP contribution is 2.17. The number of nitrogens with zero attached hydrogens (tertiary/aromatic N) is 1. The van der Waals surface area contributed by atoms with E-state index in [2.05, 4.69) is 10.3 Å². The average molecular weight is 231 g/mol. The van der Waals surface area contributed by atoms with Gasteiger partial charge >= 0.3 is 0 Å². The van der Waals surface area contributed by atoms with E-state index in [1.807, 2.05) is 30.3 Å². The fourth-order valence-corrected chi connectivity index (χ4v) is 1.49. The molecule has 0 fully saturated rings. The smallest absolute Gasteiger partial charge is 0.272 e. The van der Waals surface area contributed by atoms with E-state index in [0.717, 1.165) is 5.56 Å². The second-order valence-electron chi connectivity index (χ2n) is 3.61. The first-order valence-electron chi connectivity index (χ1n) is 5.22. The summed E-state index contributed by atoms with van der Waals surface area (Å²) in [5.41, 5.74) is 6.41. The Labute approximate surface area is 98.6 Å². The van der Waals surface area contributed by atoms with Gasteiger partial charge in [-0.05, 0) is 5.56 Å². The Balaban J connectivity index is 2.11. The van der Waals surface area contributed by atoms with E-state index in [4.69, 9.17) is 10.2 Å². The van der Waals surface area contributed by atoms with Crippen LogP contribution in [0.4, 0.5) is 5.88 Å². The minimum absolute atomic E-state index is 0.137. The molecular weight excluding hydrogens is 218 g/mol. The van der Waals surface area contributed by atoms with Crippen LogP contribution in [0.1, 0.15) is 21.9 Å². The molecule has 0 aliphatic rings. The highest BCUT2D eigenvalue weighted by atomic mass is 16.4. The van der Waals surface area contributed by atoms with E-state index in [0.29, 0.717) is 18.3 Å². The Bertz CT molecular complexity index is 520. The first-order chi connectivity index (χ1) is 8.16. The first kappa shape index (κ1) is 11.2. The monoisotopic (exact) mass is 231 g/mol. The number of aromatic nitrogens is 1. The molecule has 0 saturated heterocycles. The van der Waals surface area contributed by atoms with Crippen LogP contribution in [0.3, 0.4) is 0 Å².